The highest BCUT2D eigenvalue weighted by Gasteiger charge is 2.33. The maximum atomic E-state index is 12.6. The van der Waals surface area contributed by atoms with Crippen LogP contribution in [0.25, 0.3) is 0 Å². The number of carbonyl (C=O) groups is 1. The summed E-state index contributed by atoms with van der Waals surface area (Å²) < 4.78 is 11.4. The van der Waals surface area contributed by atoms with Gasteiger partial charge in [-0.1, -0.05) is 13.8 Å². The molecule has 1 amide bonds. The number of hydrogen-bond donors (Lipinski definition) is 1. The number of aryl methyl sites for hydroxylation is 1. The molecule has 0 spiro atoms. The number of anilines is 2. The summed E-state index contributed by atoms with van der Waals surface area (Å²) >= 11 is 0. The van der Waals surface area contributed by atoms with Crippen LogP contribution in [-0.2, 0) is 29.3 Å². The summed E-state index contributed by atoms with van der Waals surface area (Å²) in [6, 6.07) is 0.383. The van der Waals surface area contributed by atoms with Crippen molar-refractivity contribution in [1.82, 2.24) is 25.2 Å². The molecule has 0 radical (unpaired) electrons. The average Bonchev–Trinajstić information content (AvgIpc) is 3.63. The Morgan fingerprint density at radius 1 is 1.17 bits per heavy atom. The van der Waals surface area contributed by atoms with Gasteiger partial charge in [-0.15, -0.1) is 0 Å². The van der Waals surface area contributed by atoms with Crippen LogP contribution in [-0.4, -0.2) is 71.6 Å². The molecule has 2 aromatic heterocycles. The minimum absolute atomic E-state index is 0.0768. The van der Waals surface area contributed by atoms with Crippen LogP contribution in [0, 0.1) is 18.8 Å². The number of likely N-dealkylation sites (N-methyl/N-ethyl adjacent to an activating group) is 1. The van der Waals surface area contributed by atoms with Crippen LogP contribution >= 0.6 is 0 Å². The number of carbonyl (C=O) groups excluding carboxylic acids is 1. The molecule has 2 fully saturated rings. The first kappa shape index (κ1) is 25.0. The third-order valence-electron chi connectivity index (χ3n) is 7.52. The van der Waals surface area contributed by atoms with Gasteiger partial charge in [0.2, 0.25) is 17.7 Å². The molecule has 5 heterocycles. The van der Waals surface area contributed by atoms with Gasteiger partial charge < -0.3 is 24.3 Å². The Bertz CT molecular complexity index is 1060. The Kier molecular flexibility index (Phi) is 7.43. The van der Waals surface area contributed by atoms with Crippen molar-refractivity contribution in [2.24, 2.45) is 11.8 Å². The first-order valence-electron chi connectivity index (χ1n) is 13.2. The molecular weight excluding hydrogens is 458 g/mol. The van der Waals surface area contributed by atoms with Gasteiger partial charge in [0.1, 0.15) is 11.6 Å². The molecular formula is C26H39N7O3. The number of hydrogen-bond acceptors (Lipinski definition) is 9. The van der Waals surface area contributed by atoms with Crippen molar-refractivity contribution >= 4 is 17.7 Å². The van der Waals surface area contributed by atoms with Crippen molar-refractivity contribution in [3.05, 3.63) is 29.1 Å². The van der Waals surface area contributed by atoms with E-state index in [1.165, 1.54) is 0 Å². The zero-order valence-electron chi connectivity index (χ0n) is 22.0. The predicted molar refractivity (Wildman–Crippen MR) is 137 cm³/mol. The van der Waals surface area contributed by atoms with Crippen molar-refractivity contribution in [3.63, 3.8) is 0 Å². The lowest BCUT2D eigenvalue weighted by atomic mass is 9.95. The third kappa shape index (κ3) is 5.49. The molecule has 2 aromatic rings. The molecule has 5 rings (SSSR count). The Labute approximate surface area is 213 Å². The zero-order valence-corrected chi connectivity index (χ0v) is 22.0. The number of aromatic nitrogens is 3. The minimum Gasteiger partial charge on any atom is -0.445 e. The maximum Gasteiger partial charge on any atom is 0.227 e. The zero-order chi connectivity index (χ0) is 25.2. The highest BCUT2D eigenvalue weighted by atomic mass is 16.5. The quantitative estimate of drug-likeness (QED) is 0.590. The lowest BCUT2D eigenvalue weighted by Gasteiger charge is -2.33. The van der Waals surface area contributed by atoms with Crippen LogP contribution in [0.2, 0.25) is 0 Å². The lowest BCUT2D eigenvalue weighted by molar-refractivity contribution is -0.125. The molecule has 196 valence electrons. The molecule has 10 heteroatoms. The van der Waals surface area contributed by atoms with Crippen LogP contribution in [0.5, 0.6) is 0 Å². The lowest BCUT2D eigenvalue weighted by Crippen LogP contribution is -2.42. The third-order valence-corrected chi connectivity index (χ3v) is 7.52. The molecule has 2 saturated heterocycles. The van der Waals surface area contributed by atoms with E-state index in [9.17, 15) is 4.79 Å². The smallest absolute Gasteiger partial charge is 0.227 e. The second kappa shape index (κ2) is 10.7. The molecule has 36 heavy (non-hydrogen) atoms. The van der Waals surface area contributed by atoms with Crippen LogP contribution < -0.4 is 15.1 Å². The van der Waals surface area contributed by atoms with Crippen molar-refractivity contribution < 1.29 is 13.9 Å². The fourth-order valence-corrected chi connectivity index (χ4v) is 5.33. The normalized spacial score (nSPS) is 20.6. The molecule has 0 aliphatic carbocycles. The predicted octanol–water partition coefficient (Wildman–Crippen LogP) is 2.50. The SMILES string of the molecule is Cc1cnc(CN(C)C2CCN(c3nc4c(c(N5CCC(C(=O)NCC(C)C)CC5)n3)COC4)C2)o1. The minimum atomic E-state index is 0.0768. The highest BCUT2D eigenvalue weighted by molar-refractivity contribution is 5.79. The van der Waals surface area contributed by atoms with E-state index in [1.54, 1.807) is 6.20 Å². The number of nitrogens with one attached hydrogen (secondary N) is 1. The van der Waals surface area contributed by atoms with Crippen LogP contribution in [0.4, 0.5) is 11.8 Å². The number of amides is 1. The molecule has 1 N–H and O–H groups in total. The standard InChI is InChI=1S/C26H39N7O3/c1-17(2)11-28-25(34)19-5-8-32(9-6-19)24-21-15-35-16-22(21)29-26(30-24)33-10-7-20(13-33)31(4)14-23-27-12-18(3)36-23/h12,17,19-20H,5-11,13-16H2,1-4H3,(H,28,34). The Hall–Kier alpha value is -2.72. The molecule has 0 bridgehead atoms. The van der Waals surface area contributed by atoms with Crippen molar-refractivity contribution in [2.75, 3.05) is 49.6 Å². The van der Waals surface area contributed by atoms with Crippen molar-refractivity contribution in [3.8, 4) is 0 Å². The van der Waals surface area contributed by atoms with Gasteiger partial charge in [-0.2, -0.15) is 4.98 Å². The van der Waals surface area contributed by atoms with Crippen LogP contribution in [0.15, 0.2) is 10.6 Å². The summed E-state index contributed by atoms with van der Waals surface area (Å²) in [6.45, 7) is 12.1. The molecule has 1 atom stereocenters. The van der Waals surface area contributed by atoms with E-state index in [0.717, 1.165) is 86.7 Å². The van der Waals surface area contributed by atoms with E-state index in [0.29, 0.717) is 31.7 Å². The van der Waals surface area contributed by atoms with Gasteiger partial charge >= 0.3 is 0 Å². The fraction of sp³-hybridized carbons (Fsp3) is 0.692. The number of fused-ring (bicyclic) bond motifs is 1. The Morgan fingerprint density at radius 2 is 1.94 bits per heavy atom. The molecule has 10 nitrogen and oxygen atoms in total. The maximum absolute atomic E-state index is 12.6. The van der Waals surface area contributed by atoms with Gasteiger partial charge in [-0.05, 0) is 39.2 Å². The van der Waals surface area contributed by atoms with Crippen LogP contribution in [0.1, 0.15) is 56.0 Å². The molecule has 0 aromatic carbocycles. The highest BCUT2D eigenvalue weighted by Crippen LogP contribution is 2.33. The fourth-order valence-electron chi connectivity index (χ4n) is 5.33. The van der Waals surface area contributed by atoms with Gasteiger partial charge in [0, 0.05) is 50.2 Å². The first-order valence-corrected chi connectivity index (χ1v) is 13.2. The topological polar surface area (TPSA) is 99.9 Å². The summed E-state index contributed by atoms with van der Waals surface area (Å²) in [5, 5.41) is 3.10. The van der Waals surface area contributed by atoms with E-state index < -0.39 is 0 Å². The Morgan fingerprint density at radius 3 is 2.67 bits per heavy atom. The summed E-state index contributed by atoms with van der Waals surface area (Å²) in [7, 11) is 2.12. The number of ether oxygens (including phenoxy) is 1. The van der Waals surface area contributed by atoms with E-state index in [2.05, 4.69) is 45.9 Å². The van der Waals surface area contributed by atoms with E-state index >= 15 is 0 Å². The second-order valence-electron chi connectivity index (χ2n) is 10.8. The Balaban J connectivity index is 1.24. The van der Waals surface area contributed by atoms with E-state index in [1.807, 2.05) is 6.92 Å². The largest absolute Gasteiger partial charge is 0.445 e. The van der Waals surface area contributed by atoms with Gasteiger partial charge in [-0.25, -0.2) is 9.97 Å². The van der Waals surface area contributed by atoms with E-state index in [4.69, 9.17) is 19.1 Å². The molecule has 0 saturated carbocycles. The van der Waals surface area contributed by atoms with Gasteiger partial charge in [0.25, 0.3) is 0 Å². The average molecular weight is 498 g/mol. The van der Waals surface area contributed by atoms with Crippen molar-refractivity contribution in [1.29, 1.82) is 0 Å². The molecule has 3 aliphatic rings. The summed E-state index contributed by atoms with van der Waals surface area (Å²) in [5.74, 6) is 4.10. The number of oxazole rings is 1. The molecule has 1 unspecified atom stereocenters. The monoisotopic (exact) mass is 497 g/mol. The van der Waals surface area contributed by atoms with Crippen molar-refractivity contribution in [2.45, 2.75) is 65.8 Å². The van der Waals surface area contributed by atoms with Gasteiger partial charge in [0.15, 0.2) is 0 Å². The van der Waals surface area contributed by atoms with Crippen LogP contribution in [0.3, 0.4) is 0 Å². The molecule has 3 aliphatic heterocycles. The second-order valence-corrected chi connectivity index (χ2v) is 10.8. The summed E-state index contributed by atoms with van der Waals surface area (Å²) in [4.78, 5) is 33.8. The van der Waals surface area contributed by atoms with Gasteiger partial charge in [0.05, 0.1) is 31.6 Å². The number of piperidine rings is 1. The van der Waals surface area contributed by atoms with Gasteiger partial charge in [-0.3, -0.25) is 9.69 Å². The number of nitrogens with zero attached hydrogens (tertiary/aromatic N) is 6. The van der Waals surface area contributed by atoms with E-state index in [-0.39, 0.29) is 11.8 Å². The number of rotatable bonds is 8. The first-order chi connectivity index (χ1) is 17.4. The summed E-state index contributed by atoms with van der Waals surface area (Å²) in [6.07, 6.45) is 4.50. The summed E-state index contributed by atoms with van der Waals surface area (Å²) in [5.41, 5.74) is 2.10.